The molecule has 2 rings (SSSR count). The first-order chi connectivity index (χ1) is 6.34. The maximum absolute atomic E-state index is 5.98. The summed E-state index contributed by atoms with van der Waals surface area (Å²) in [7, 11) is 0. The van der Waals surface area contributed by atoms with Gasteiger partial charge in [0.15, 0.2) is 0 Å². The van der Waals surface area contributed by atoms with E-state index >= 15 is 0 Å². The topological polar surface area (TPSA) is 37.8 Å². The van der Waals surface area contributed by atoms with Crippen molar-refractivity contribution in [2.24, 2.45) is 0 Å². The third-order valence-electron chi connectivity index (χ3n) is 1.92. The second-order valence-electron chi connectivity index (χ2n) is 3.04. The molecule has 1 aliphatic heterocycles. The Hall–Kier alpha value is -0.450. The van der Waals surface area contributed by atoms with Gasteiger partial charge in [0.2, 0.25) is 0 Å². The molecular formula is C8H10ClN3S. The highest BCUT2D eigenvalue weighted by Crippen LogP contribution is 2.12. The van der Waals surface area contributed by atoms with Crippen LogP contribution in [0.25, 0.3) is 0 Å². The molecule has 1 unspecified atom stereocenters. The average Bonchev–Trinajstić information content (AvgIpc) is 2.57. The highest BCUT2D eigenvalue weighted by molar-refractivity contribution is 7.03. The second kappa shape index (κ2) is 4.17. The van der Waals surface area contributed by atoms with Gasteiger partial charge in [-0.05, 0) is 11.5 Å². The molecular weight excluding hydrogens is 206 g/mol. The molecule has 0 fully saturated rings. The molecule has 1 aromatic rings. The van der Waals surface area contributed by atoms with Gasteiger partial charge in [0.25, 0.3) is 0 Å². The van der Waals surface area contributed by atoms with Crippen molar-refractivity contribution in [3.63, 3.8) is 0 Å². The van der Waals surface area contributed by atoms with Crippen molar-refractivity contribution in [2.45, 2.75) is 11.8 Å². The lowest BCUT2D eigenvalue weighted by Crippen LogP contribution is -2.30. The Morgan fingerprint density at radius 1 is 1.69 bits per heavy atom. The summed E-state index contributed by atoms with van der Waals surface area (Å²) in [6, 6.07) is 0. The molecule has 0 aliphatic carbocycles. The highest BCUT2D eigenvalue weighted by atomic mass is 35.5. The van der Waals surface area contributed by atoms with Crippen molar-refractivity contribution >= 4 is 23.1 Å². The van der Waals surface area contributed by atoms with Gasteiger partial charge in [-0.1, -0.05) is 16.1 Å². The molecule has 0 saturated heterocycles. The number of nitrogens with zero attached hydrogens (tertiary/aromatic N) is 2. The van der Waals surface area contributed by atoms with Crippen LogP contribution < -0.4 is 5.32 Å². The largest absolute Gasteiger partial charge is 0.311 e. The number of alkyl halides is 1. The van der Waals surface area contributed by atoms with Crippen LogP contribution in [-0.4, -0.2) is 28.1 Å². The van der Waals surface area contributed by atoms with Crippen LogP contribution in [0, 0.1) is 0 Å². The molecule has 1 aromatic heterocycles. The predicted octanol–water partition coefficient (Wildman–Crippen LogP) is 1.22. The Kier molecular flexibility index (Phi) is 2.93. The fraction of sp³-hybridized carbons (Fsp3) is 0.500. The molecule has 0 bridgehead atoms. The lowest BCUT2D eigenvalue weighted by molar-refractivity contribution is 0.692. The van der Waals surface area contributed by atoms with E-state index in [0.29, 0.717) is 0 Å². The molecule has 0 spiro atoms. The first-order valence-corrected chi connectivity index (χ1v) is 5.42. The summed E-state index contributed by atoms with van der Waals surface area (Å²) >= 11 is 7.37. The van der Waals surface area contributed by atoms with E-state index in [0.717, 1.165) is 25.2 Å². The predicted molar refractivity (Wildman–Crippen MR) is 54.2 cm³/mol. The van der Waals surface area contributed by atoms with Gasteiger partial charge in [-0.2, -0.15) is 0 Å². The van der Waals surface area contributed by atoms with Gasteiger partial charge in [0, 0.05) is 24.9 Å². The van der Waals surface area contributed by atoms with E-state index in [1.165, 1.54) is 17.1 Å². The van der Waals surface area contributed by atoms with Crippen molar-refractivity contribution in [2.75, 3.05) is 13.1 Å². The molecule has 70 valence electrons. The number of halogens is 1. The minimum Gasteiger partial charge on any atom is -0.311 e. The molecule has 1 aliphatic rings. The minimum atomic E-state index is 0.121. The Morgan fingerprint density at radius 3 is 3.31 bits per heavy atom. The Bertz CT molecular complexity index is 296. The zero-order valence-electron chi connectivity index (χ0n) is 7.03. The van der Waals surface area contributed by atoms with E-state index < -0.39 is 0 Å². The lowest BCUT2D eigenvalue weighted by Gasteiger charge is -2.16. The number of hydrogen-bond acceptors (Lipinski definition) is 4. The van der Waals surface area contributed by atoms with Crippen molar-refractivity contribution in [1.82, 2.24) is 14.9 Å². The van der Waals surface area contributed by atoms with Gasteiger partial charge in [-0.25, -0.2) is 0 Å². The summed E-state index contributed by atoms with van der Waals surface area (Å²) < 4.78 is 3.82. The average molecular weight is 216 g/mol. The van der Waals surface area contributed by atoms with Gasteiger partial charge in [0.05, 0.1) is 11.1 Å². The Labute approximate surface area is 86.0 Å². The van der Waals surface area contributed by atoms with Crippen LogP contribution in [0.1, 0.15) is 5.69 Å². The molecule has 0 amide bonds. The van der Waals surface area contributed by atoms with E-state index in [2.05, 4.69) is 21.0 Å². The molecule has 5 heteroatoms. The highest BCUT2D eigenvalue weighted by Gasteiger charge is 2.11. The lowest BCUT2D eigenvalue weighted by atomic mass is 10.1. The van der Waals surface area contributed by atoms with Crippen LogP contribution in [0.4, 0.5) is 0 Å². The van der Waals surface area contributed by atoms with E-state index in [9.17, 15) is 0 Å². The first-order valence-electron chi connectivity index (χ1n) is 4.15. The fourth-order valence-corrected chi connectivity index (χ4v) is 2.10. The van der Waals surface area contributed by atoms with Gasteiger partial charge in [-0.15, -0.1) is 16.7 Å². The van der Waals surface area contributed by atoms with Crippen LogP contribution in [0.2, 0.25) is 0 Å². The van der Waals surface area contributed by atoms with Crippen LogP contribution >= 0.6 is 23.1 Å². The summed E-state index contributed by atoms with van der Waals surface area (Å²) in [5, 5.41) is 9.34. The summed E-state index contributed by atoms with van der Waals surface area (Å²) in [5.74, 6) is 0. The summed E-state index contributed by atoms with van der Waals surface area (Å²) in [6.45, 7) is 1.78. The van der Waals surface area contributed by atoms with Gasteiger partial charge < -0.3 is 5.32 Å². The van der Waals surface area contributed by atoms with Crippen molar-refractivity contribution in [3.8, 4) is 0 Å². The smallest absolute Gasteiger partial charge is 0.0796 e. The van der Waals surface area contributed by atoms with Crippen LogP contribution in [0.3, 0.4) is 0 Å². The second-order valence-corrected chi connectivity index (χ2v) is 4.22. The summed E-state index contributed by atoms with van der Waals surface area (Å²) in [4.78, 5) is 0. The minimum absolute atomic E-state index is 0.121. The third kappa shape index (κ3) is 2.49. The quantitative estimate of drug-likeness (QED) is 0.596. The standard InChI is InChI=1S/C8H10ClN3S/c9-7-1-6(3-10-4-7)2-8-5-13-12-11-8/h1,5,7,10H,2-4H2. The van der Waals surface area contributed by atoms with E-state index in [4.69, 9.17) is 11.6 Å². The number of nitrogens with one attached hydrogen (secondary N) is 1. The molecule has 3 nitrogen and oxygen atoms in total. The van der Waals surface area contributed by atoms with Crippen LogP contribution in [0.15, 0.2) is 17.0 Å². The van der Waals surface area contributed by atoms with E-state index in [1.807, 2.05) is 5.38 Å². The monoisotopic (exact) mass is 215 g/mol. The molecule has 2 heterocycles. The maximum atomic E-state index is 5.98. The van der Waals surface area contributed by atoms with Gasteiger partial charge in [0.1, 0.15) is 0 Å². The summed E-state index contributed by atoms with van der Waals surface area (Å²) in [5.41, 5.74) is 2.34. The number of aromatic nitrogens is 2. The van der Waals surface area contributed by atoms with Crippen molar-refractivity contribution in [1.29, 1.82) is 0 Å². The van der Waals surface area contributed by atoms with Gasteiger partial charge in [-0.3, -0.25) is 0 Å². The molecule has 0 aromatic carbocycles. The SMILES string of the molecule is ClC1C=C(Cc2csnn2)CNC1. The third-order valence-corrected chi connectivity index (χ3v) is 2.75. The fourth-order valence-electron chi connectivity index (χ4n) is 1.36. The van der Waals surface area contributed by atoms with Crippen molar-refractivity contribution in [3.05, 3.63) is 22.7 Å². The van der Waals surface area contributed by atoms with Gasteiger partial charge >= 0.3 is 0 Å². The zero-order valence-corrected chi connectivity index (χ0v) is 8.61. The summed E-state index contributed by atoms with van der Waals surface area (Å²) in [6.07, 6.45) is 2.98. The Balaban J connectivity index is 2.02. The molecule has 1 N–H and O–H groups in total. The molecule has 1 atom stereocenters. The van der Waals surface area contributed by atoms with Crippen LogP contribution in [-0.2, 0) is 6.42 Å². The number of rotatable bonds is 2. The normalized spacial score (nSPS) is 22.8. The molecule has 0 saturated carbocycles. The van der Waals surface area contributed by atoms with Crippen LogP contribution in [0.5, 0.6) is 0 Å². The first kappa shape index (κ1) is 9.12. The Morgan fingerprint density at radius 2 is 2.62 bits per heavy atom. The van der Waals surface area contributed by atoms with E-state index in [-0.39, 0.29) is 5.38 Å². The zero-order chi connectivity index (χ0) is 9.10. The maximum Gasteiger partial charge on any atom is 0.0796 e. The number of hydrogen-bond donors (Lipinski definition) is 1. The molecule has 0 radical (unpaired) electrons. The van der Waals surface area contributed by atoms with Crippen molar-refractivity contribution < 1.29 is 0 Å². The molecule has 13 heavy (non-hydrogen) atoms. The van der Waals surface area contributed by atoms with E-state index in [1.54, 1.807) is 0 Å².